The fourth-order valence-corrected chi connectivity index (χ4v) is 4.22. The van der Waals surface area contributed by atoms with Crippen molar-refractivity contribution in [2.75, 3.05) is 6.54 Å². The molecule has 4 rings (SSSR count). The van der Waals surface area contributed by atoms with Crippen molar-refractivity contribution in [3.63, 3.8) is 0 Å². The molecule has 2 aromatic rings. The summed E-state index contributed by atoms with van der Waals surface area (Å²) in [5.41, 5.74) is -1.37. The zero-order valence-electron chi connectivity index (χ0n) is 18.9. The molecule has 1 saturated carbocycles. The average molecular weight is 530 g/mol. The van der Waals surface area contributed by atoms with Crippen LogP contribution in [0, 0.1) is 0 Å². The molecule has 194 valence electrons. The van der Waals surface area contributed by atoms with Crippen LogP contribution in [0.1, 0.15) is 60.2 Å². The Kier molecular flexibility index (Phi) is 7.39. The van der Waals surface area contributed by atoms with Gasteiger partial charge in [0.1, 0.15) is 5.75 Å². The standard InChI is InChI=1S/C23H23ClF3N3O6/c1-2-22(33,21-30-29-20(35-21)12-8-14(9-12)36-23(25,26)27)6-3-7-28-19(32)18-11-16(31)15-10-13(24)4-5-17(15)34-18/h2,4-5,10,12,14,18,33H,1,3,6-9,11H2,(H,28,32)/t12-,14+,18?,22?. The number of aliphatic hydroxyl groups is 1. The van der Waals surface area contributed by atoms with Crippen LogP contribution < -0.4 is 10.1 Å². The molecular formula is C23H23ClF3N3O6. The van der Waals surface area contributed by atoms with E-state index in [1.165, 1.54) is 18.2 Å². The van der Waals surface area contributed by atoms with Crippen molar-refractivity contribution in [2.45, 2.75) is 62.2 Å². The van der Waals surface area contributed by atoms with E-state index in [1.807, 2.05) is 0 Å². The van der Waals surface area contributed by atoms with E-state index in [4.69, 9.17) is 20.8 Å². The van der Waals surface area contributed by atoms with Gasteiger partial charge in [0, 0.05) is 17.5 Å². The second-order valence-corrected chi connectivity index (χ2v) is 9.13. The Labute approximate surface area is 208 Å². The van der Waals surface area contributed by atoms with Crippen molar-refractivity contribution < 1.29 is 41.8 Å². The van der Waals surface area contributed by atoms with Gasteiger partial charge in [0.25, 0.3) is 11.8 Å². The van der Waals surface area contributed by atoms with E-state index in [9.17, 15) is 27.9 Å². The number of carbonyl (C=O) groups excluding carboxylic acids is 2. The Morgan fingerprint density at radius 2 is 2.08 bits per heavy atom. The third-order valence-electron chi connectivity index (χ3n) is 6.10. The zero-order chi connectivity index (χ0) is 26.1. The van der Waals surface area contributed by atoms with Crippen LogP contribution in [0.5, 0.6) is 5.75 Å². The first-order chi connectivity index (χ1) is 17.0. The van der Waals surface area contributed by atoms with Gasteiger partial charge in [0.2, 0.25) is 5.89 Å². The lowest BCUT2D eigenvalue weighted by atomic mass is 9.82. The van der Waals surface area contributed by atoms with Crippen molar-refractivity contribution in [3.05, 3.63) is 53.2 Å². The average Bonchev–Trinajstić information content (AvgIpc) is 3.28. The number of fused-ring (bicyclic) bond motifs is 1. The molecule has 1 aliphatic heterocycles. The van der Waals surface area contributed by atoms with Gasteiger partial charge in [-0.3, -0.25) is 14.3 Å². The Balaban J connectivity index is 1.26. The van der Waals surface area contributed by atoms with E-state index in [-0.39, 0.29) is 62.0 Å². The molecule has 2 unspecified atom stereocenters. The van der Waals surface area contributed by atoms with Gasteiger partial charge in [-0.05, 0) is 43.9 Å². The molecule has 2 heterocycles. The molecule has 2 N–H and O–H groups in total. The fraction of sp³-hybridized carbons (Fsp3) is 0.478. The summed E-state index contributed by atoms with van der Waals surface area (Å²) in [5, 5.41) is 21.6. The minimum atomic E-state index is -4.70. The Hall–Kier alpha value is -2.96. The van der Waals surface area contributed by atoms with E-state index in [0.717, 1.165) is 0 Å². The van der Waals surface area contributed by atoms with Crippen LogP contribution in [0.3, 0.4) is 0 Å². The van der Waals surface area contributed by atoms with E-state index in [2.05, 4.69) is 26.8 Å². The maximum atomic E-state index is 12.5. The molecule has 2 atom stereocenters. The van der Waals surface area contributed by atoms with Crippen molar-refractivity contribution >= 4 is 23.3 Å². The highest BCUT2D eigenvalue weighted by Gasteiger charge is 2.43. The molecule has 2 aliphatic rings. The number of aromatic nitrogens is 2. The van der Waals surface area contributed by atoms with Gasteiger partial charge >= 0.3 is 6.36 Å². The number of rotatable bonds is 9. The smallest absolute Gasteiger partial charge is 0.479 e. The van der Waals surface area contributed by atoms with Crippen LogP contribution in [-0.2, 0) is 15.1 Å². The molecule has 1 aliphatic carbocycles. The van der Waals surface area contributed by atoms with Crippen molar-refractivity contribution in [1.82, 2.24) is 15.5 Å². The monoisotopic (exact) mass is 529 g/mol. The molecule has 13 heteroatoms. The summed E-state index contributed by atoms with van der Waals surface area (Å²) in [5.74, 6) is -0.878. The maximum Gasteiger partial charge on any atom is 0.522 e. The Morgan fingerprint density at radius 1 is 1.33 bits per heavy atom. The van der Waals surface area contributed by atoms with Crippen molar-refractivity contribution in [3.8, 4) is 5.75 Å². The highest BCUT2D eigenvalue weighted by Crippen LogP contribution is 2.41. The number of ketones is 1. The second-order valence-electron chi connectivity index (χ2n) is 8.70. The number of hydrogen-bond acceptors (Lipinski definition) is 8. The lowest BCUT2D eigenvalue weighted by molar-refractivity contribution is -0.352. The lowest BCUT2D eigenvalue weighted by Gasteiger charge is -2.32. The van der Waals surface area contributed by atoms with Gasteiger partial charge < -0.3 is 19.6 Å². The second kappa shape index (κ2) is 10.2. The molecule has 1 aromatic heterocycles. The predicted molar refractivity (Wildman–Crippen MR) is 118 cm³/mol. The molecule has 9 nitrogen and oxygen atoms in total. The largest absolute Gasteiger partial charge is 0.522 e. The molecule has 1 amide bonds. The number of amides is 1. The minimum Gasteiger partial charge on any atom is -0.479 e. The number of nitrogens with one attached hydrogen (secondary N) is 1. The molecular weight excluding hydrogens is 507 g/mol. The third-order valence-corrected chi connectivity index (χ3v) is 6.34. The first-order valence-corrected chi connectivity index (χ1v) is 11.6. The number of nitrogens with zero attached hydrogens (tertiary/aromatic N) is 2. The van der Waals surface area contributed by atoms with Crippen LogP contribution in [0.2, 0.25) is 5.02 Å². The van der Waals surface area contributed by atoms with Crippen molar-refractivity contribution in [2.24, 2.45) is 0 Å². The minimum absolute atomic E-state index is 0.0642. The van der Waals surface area contributed by atoms with E-state index in [0.29, 0.717) is 10.6 Å². The fourth-order valence-electron chi connectivity index (χ4n) is 4.05. The molecule has 1 aromatic carbocycles. The van der Waals surface area contributed by atoms with Crippen LogP contribution in [0.25, 0.3) is 0 Å². The molecule has 0 spiro atoms. The number of Topliss-reactive ketones (excluding diaryl/α,β-unsaturated/α-hetero) is 1. The topological polar surface area (TPSA) is 124 Å². The van der Waals surface area contributed by atoms with Crippen LogP contribution in [-0.4, -0.2) is 52.1 Å². The zero-order valence-corrected chi connectivity index (χ0v) is 19.6. The van der Waals surface area contributed by atoms with Gasteiger partial charge in [0.05, 0.1) is 18.1 Å². The highest BCUT2D eigenvalue weighted by molar-refractivity contribution is 6.31. The summed E-state index contributed by atoms with van der Waals surface area (Å²) in [7, 11) is 0. The van der Waals surface area contributed by atoms with Crippen molar-refractivity contribution in [1.29, 1.82) is 0 Å². The first-order valence-electron chi connectivity index (χ1n) is 11.2. The number of carbonyl (C=O) groups is 2. The van der Waals surface area contributed by atoms with Crippen LogP contribution in [0.4, 0.5) is 13.2 Å². The normalized spacial score (nSPS) is 23.1. The van der Waals surface area contributed by atoms with Gasteiger partial charge in [-0.15, -0.1) is 23.4 Å². The van der Waals surface area contributed by atoms with Gasteiger partial charge in [-0.2, -0.15) is 0 Å². The molecule has 0 bridgehead atoms. The molecule has 0 radical (unpaired) electrons. The number of halogens is 4. The highest BCUT2D eigenvalue weighted by atomic mass is 35.5. The molecule has 1 fully saturated rings. The predicted octanol–water partition coefficient (Wildman–Crippen LogP) is 3.81. The van der Waals surface area contributed by atoms with Gasteiger partial charge in [-0.25, -0.2) is 0 Å². The SMILES string of the molecule is C=CC(O)(CCCNC(=O)C1CC(=O)c2cc(Cl)ccc2O1)c1nnc([C@H]2C[C@@H](OC(F)(F)F)C2)o1. The quantitative estimate of drug-likeness (QED) is 0.371. The maximum absolute atomic E-state index is 12.5. The summed E-state index contributed by atoms with van der Waals surface area (Å²) < 4.78 is 51.9. The number of benzene rings is 1. The van der Waals surface area contributed by atoms with E-state index >= 15 is 0 Å². The third kappa shape index (κ3) is 5.88. The van der Waals surface area contributed by atoms with Gasteiger partial charge in [0.15, 0.2) is 17.5 Å². The number of alkyl halides is 3. The summed E-state index contributed by atoms with van der Waals surface area (Å²) in [4.78, 5) is 24.8. The number of ether oxygens (including phenoxy) is 2. The first kappa shape index (κ1) is 26.1. The van der Waals surface area contributed by atoms with E-state index < -0.39 is 36.0 Å². The summed E-state index contributed by atoms with van der Waals surface area (Å²) in [6.45, 7) is 3.75. The van der Waals surface area contributed by atoms with Crippen LogP contribution in [0.15, 0.2) is 35.3 Å². The Morgan fingerprint density at radius 3 is 2.78 bits per heavy atom. The Bertz CT molecular complexity index is 1150. The molecule has 36 heavy (non-hydrogen) atoms. The van der Waals surface area contributed by atoms with E-state index in [1.54, 1.807) is 6.07 Å². The number of hydrogen-bond donors (Lipinski definition) is 2. The summed E-state index contributed by atoms with van der Waals surface area (Å²) >= 11 is 5.90. The lowest BCUT2D eigenvalue weighted by Crippen LogP contribution is -2.42. The van der Waals surface area contributed by atoms with Crippen LogP contribution >= 0.6 is 11.6 Å². The van der Waals surface area contributed by atoms with Gasteiger partial charge in [-0.1, -0.05) is 24.3 Å². The molecule has 0 saturated heterocycles. The summed E-state index contributed by atoms with van der Waals surface area (Å²) in [6, 6.07) is 4.59. The summed E-state index contributed by atoms with van der Waals surface area (Å²) in [6.07, 6.45) is -5.09.